The molecule has 1 atom stereocenters. The molecule has 4 N–H and O–H groups in total. The summed E-state index contributed by atoms with van der Waals surface area (Å²) in [6, 6.07) is 12.4. The SMILES string of the molecule is COc1ccc(NC(N)=NCC(C)(O)c2ccccc2Cl)cc1OC. The smallest absolute Gasteiger partial charge is 0.193 e. The Morgan fingerprint density at radius 2 is 1.88 bits per heavy atom. The van der Waals surface area contributed by atoms with Crippen molar-refractivity contribution in [2.45, 2.75) is 12.5 Å². The number of rotatable bonds is 6. The van der Waals surface area contributed by atoms with Gasteiger partial charge in [-0.2, -0.15) is 0 Å². The molecular formula is C18H22ClN3O3. The topological polar surface area (TPSA) is 89.1 Å². The van der Waals surface area contributed by atoms with Gasteiger partial charge in [0.05, 0.1) is 20.8 Å². The summed E-state index contributed by atoms with van der Waals surface area (Å²) in [6.45, 7) is 1.70. The number of halogens is 1. The average Bonchev–Trinajstić information content (AvgIpc) is 2.60. The van der Waals surface area contributed by atoms with Crippen molar-refractivity contribution < 1.29 is 14.6 Å². The number of guanidine groups is 1. The Morgan fingerprint density at radius 1 is 1.20 bits per heavy atom. The van der Waals surface area contributed by atoms with Gasteiger partial charge in [-0.3, -0.25) is 0 Å². The molecule has 0 saturated heterocycles. The fourth-order valence-electron chi connectivity index (χ4n) is 2.32. The second kappa shape index (κ2) is 8.09. The minimum atomic E-state index is -1.23. The van der Waals surface area contributed by atoms with Crippen LogP contribution in [0.2, 0.25) is 5.02 Å². The number of ether oxygens (including phenoxy) is 2. The fourth-order valence-corrected chi connectivity index (χ4v) is 2.66. The monoisotopic (exact) mass is 363 g/mol. The second-order valence-corrected chi connectivity index (χ2v) is 6.06. The molecule has 134 valence electrons. The van der Waals surface area contributed by atoms with Crippen LogP contribution >= 0.6 is 11.6 Å². The van der Waals surface area contributed by atoms with E-state index < -0.39 is 5.60 Å². The lowest BCUT2D eigenvalue weighted by Crippen LogP contribution is -2.30. The van der Waals surface area contributed by atoms with Gasteiger partial charge in [-0.15, -0.1) is 0 Å². The number of hydrogen-bond donors (Lipinski definition) is 3. The molecule has 1 unspecified atom stereocenters. The average molecular weight is 364 g/mol. The molecule has 0 heterocycles. The van der Waals surface area contributed by atoms with E-state index in [9.17, 15) is 5.11 Å². The zero-order valence-corrected chi connectivity index (χ0v) is 15.2. The number of aliphatic imine (C=N–C) groups is 1. The normalized spacial score (nSPS) is 13.9. The van der Waals surface area contributed by atoms with Crippen LogP contribution in [0.15, 0.2) is 47.5 Å². The summed E-state index contributed by atoms with van der Waals surface area (Å²) >= 11 is 6.13. The third-order valence-corrected chi connectivity index (χ3v) is 4.00. The van der Waals surface area contributed by atoms with Gasteiger partial charge in [0, 0.05) is 22.3 Å². The fraction of sp³-hybridized carbons (Fsp3) is 0.278. The van der Waals surface area contributed by atoms with E-state index in [0.29, 0.717) is 27.8 Å². The molecule has 0 aromatic heterocycles. The summed E-state index contributed by atoms with van der Waals surface area (Å²) in [5.74, 6) is 1.35. The third kappa shape index (κ3) is 4.78. The number of benzene rings is 2. The Hall–Kier alpha value is -2.44. The highest BCUT2D eigenvalue weighted by Gasteiger charge is 2.25. The first-order valence-corrected chi connectivity index (χ1v) is 8.01. The van der Waals surface area contributed by atoms with Crippen LogP contribution in [0.5, 0.6) is 11.5 Å². The highest BCUT2D eigenvalue weighted by molar-refractivity contribution is 6.31. The Bertz CT molecular complexity index is 763. The van der Waals surface area contributed by atoms with E-state index in [1.54, 1.807) is 57.5 Å². The van der Waals surface area contributed by atoms with Crippen LogP contribution in [-0.2, 0) is 5.60 Å². The molecule has 0 radical (unpaired) electrons. The summed E-state index contributed by atoms with van der Waals surface area (Å²) in [5.41, 5.74) is 5.97. The largest absolute Gasteiger partial charge is 0.493 e. The predicted molar refractivity (Wildman–Crippen MR) is 101 cm³/mol. The quantitative estimate of drug-likeness (QED) is 0.542. The molecule has 2 aromatic rings. The van der Waals surface area contributed by atoms with Gasteiger partial charge in [0.15, 0.2) is 17.5 Å². The van der Waals surface area contributed by atoms with Gasteiger partial charge in [0.25, 0.3) is 0 Å². The summed E-state index contributed by atoms with van der Waals surface area (Å²) in [7, 11) is 3.12. The van der Waals surface area contributed by atoms with Crippen LogP contribution in [0.25, 0.3) is 0 Å². The van der Waals surface area contributed by atoms with Crippen molar-refractivity contribution in [3.05, 3.63) is 53.1 Å². The maximum absolute atomic E-state index is 10.6. The third-order valence-electron chi connectivity index (χ3n) is 3.67. The van der Waals surface area contributed by atoms with Crippen LogP contribution in [0, 0.1) is 0 Å². The number of methoxy groups -OCH3 is 2. The van der Waals surface area contributed by atoms with Gasteiger partial charge >= 0.3 is 0 Å². The van der Waals surface area contributed by atoms with E-state index in [0.717, 1.165) is 0 Å². The minimum Gasteiger partial charge on any atom is -0.493 e. The molecule has 0 saturated carbocycles. The van der Waals surface area contributed by atoms with E-state index in [4.69, 9.17) is 26.8 Å². The van der Waals surface area contributed by atoms with Gasteiger partial charge < -0.3 is 25.6 Å². The molecule has 0 aliphatic heterocycles. The maximum Gasteiger partial charge on any atom is 0.193 e. The Labute approximate surface area is 152 Å². The van der Waals surface area contributed by atoms with Crippen LogP contribution in [0.3, 0.4) is 0 Å². The summed E-state index contributed by atoms with van der Waals surface area (Å²) in [4.78, 5) is 4.21. The highest BCUT2D eigenvalue weighted by Crippen LogP contribution is 2.30. The van der Waals surface area contributed by atoms with Gasteiger partial charge in [-0.05, 0) is 25.1 Å². The number of nitrogens with one attached hydrogen (secondary N) is 1. The molecule has 2 aromatic carbocycles. The zero-order valence-electron chi connectivity index (χ0n) is 14.4. The lowest BCUT2D eigenvalue weighted by atomic mass is 9.96. The zero-order chi connectivity index (χ0) is 18.4. The molecule has 2 rings (SSSR count). The molecule has 6 nitrogen and oxygen atoms in total. The van der Waals surface area contributed by atoms with Crippen molar-refractivity contribution in [2.24, 2.45) is 10.7 Å². The number of hydrogen-bond acceptors (Lipinski definition) is 4. The van der Waals surface area contributed by atoms with Gasteiger partial charge in [0.2, 0.25) is 0 Å². The van der Waals surface area contributed by atoms with E-state index >= 15 is 0 Å². The molecule has 0 bridgehead atoms. The van der Waals surface area contributed by atoms with Crippen molar-refractivity contribution >= 4 is 23.2 Å². The van der Waals surface area contributed by atoms with Crippen LogP contribution in [-0.4, -0.2) is 31.8 Å². The summed E-state index contributed by atoms with van der Waals surface area (Å²) in [6.07, 6.45) is 0. The predicted octanol–water partition coefficient (Wildman–Crippen LogP) is 2.99. The standard InChI is InChI=1S/C18H22ClN3O3/c1-18(23,13-6-4-5-7-14(13)19)11-21-17(20)22-12-8-9-15(24-2)16(10-12)25-3/h4-10,23H,11H2,1-3H3,(H3,20,21,22). The lowest BCUT2D eigenvalue weighted by Gasteiger charge is -2.23. The van der Waals surface area contributed by atoms with Crippen LogP contribution < -0.4 is 20.5 Å². The van der Waals surface area contributed by atoms with E-state index in [1.165, 1.54) is 0 Å². The number of aliphatic hydroxyl groups is 1. The van der Waals surface area contributed by atoms with Crippen LogP contribution in [0.1, 0.15) is 12.5 Å². The van der Waals surface area contributed by atoms with E-state index in [1.807, 2.05) is 6.07 Å². The first-order chi connectivity index (χ1) is 11.9. The second-order valence-electron chi connectivity index (χ2n) is 5.65. The highest BCUT2D eigenvalue weighted by atomic mass is 35.5. The Morgan fingerprint density at radius 3 is 2.52 bits per heavy atom. The number of anilines is 1. The summed E-state index contributed by atoms with van der Waals surface area (Å²) < 4.78 is 10.4. The van der Waals surface area contributed by atoms with E-state index in [2.05, 4.69) is 10.3 Å². The molecule has 0 aliphatic carbocycles. The molecule has 0 aliphatic rings. The van der Waals surface area contributed by atoms with Gasteiger partial charge in [-0.1, -0.05) is 29.8 Å². The molecule has 0 amide bonds. The summed E-state index contributed by atoms with van der Waals surface area (Å²) in [5, 5.41) is 14.1. The van der Waals surface area contributed by atoms with Crippen molar-refractivity contribution in [2.75, 3.05) is 26.1 Å². The van der Waals surface area contributed by atoms with E-state index in [-0.39, 0.29) is 12.5 Å². The van der Waals surface area contributed by atoms with Crippen LogP contribution in [0.4, 0.5) is 5.69 Å². The Kier molecular flexibility index (Phi) is 6.12. The molecule has 0 spiro atoms. The first-order valence-electron chi connectivity index (χ1n) is 7.63. The van der Waals surface area contributed by atoms with Gasteiger partial charge in [-0.25, -0.2) is 4.99 Å². The molecular weight excluding hydrogens is 342 g/mol. The Balaban J connectivity index is 2.10. The first kappa shape index (κ1) is 18.9. The molecule has 25 heavy (non-hydrogen) atoms. The van der Waals surface area contributed by atoms with Crippen molar-refractivity contribution in [1.29, 1.82) is 0 Å². The van der Waals surface area contributed by atoms with Gasteiger partial charge in [0.1, 0.15) is 5.60 Å². The maximum atomic E-state index is 10.6. The minimum absolute atomic E-state index is 0.0584. The number of nitrogens with zero attached hydrogens (tertiary/aromatic N) is 1. The lowest BCUT2D eigenvalue weighted by molar-refractivity contribution is 0.0675. The van der Waals surface area contributed by atoms with Crippen molar-refractivity contribution in [3.63, 3.8) is 0 Å². The van der Waals surface area contributed by atoms with Crippen molar-refractivity contribution in [1.82, 2.24) is 0 Å². The molecule has 0 fully saturated rings. The molecule has 7 heteroatoms. The number of nitrogens with two attached hydrogens (primary N) is 1. The van der Waals surface area contributed by atoms with Crippen molar-refractivity contribution in [3.8, 4) is 11.5 Å².